The minimum Gasteiger partial charge on any atom is -0.354 e. The number of carbonyl (C=O) groups excluding carboxylic acids is 1. The maximum absolute atomic E-state index is 11.9. The van der Waals surface area contributed by atoms with Crippen LogP contribution in [0, 0.1) is 0 Å². The van der Waals surface area contributed by atoms with Crippen molar-refractivity contribution in [1.29, 1.82) is 0 Å². The number of likely N-dealkylation sites (N-methyl/N-ethyl adjacent to an activating group) is 1. The van der Waals surface area contributed by atoms with Crippen LogP contribution < -0.4 is 10.6 Å². The largest absolute Gasteiger partial charge is 0.354 e. The molecule has 2 saturated carbocycles. The SMILES string of the molecule is CN(C)C(=O)CN=C(NCC1COC2(CCCC2)O1)NC1CCCCC1.I. The summed E-state index contributed by atoms with van der Waals surface area (Å²) >= 11 is 0. The maximum Gasteiger partial charge on any atom is 0.243 e. The molecule has 156 valence electrons. The van der Waals surface area contributed by atoms with E-state index >= 15 is 0 Å². The molecule has 1 amide bonds. The number of nitrogens with one attached hydrogen (secondary N) is 2. The molecule has 1 saturated heterocycles. The van der Waals surface area contributed by atoms with Gasteiger partial charge in [0.05, 0.1) is 6.61 Å². The van der Waals surface area contributed by atoms with Crippen molar-refractivity contribution in [2.75, 3.05) is 33.8 Å². The van der Waals surface area contributed by atoms with Gasteiger partial charge in [-0.2, -0.15) is 0 Å². The van der Waals surface area contributed by atoms with E-state index in [0.29, 0.717) is 25.2 Å². The maximum atomic E-state index is 11.9. The second-order valence-electron chi connectivity index (χ2n) is 7.98. The smallest absolute Gasteiger partial charge is 0.243 e. The van der Waals surface area contributed by atoms with Crippen molar-refractivity contribution in [2.24, 2.45) is 4.99 Å². The second kappa shape index (κ2) is 10.8. The molecule has 1 heterocycles. The molecule has 1 spiro atoms. The molecule has 0 aromatic heterocycles. The van der Waals surface area contributed by atoms with Crippen LogP contribution in [0.1, 0.15) is 57.8 Å². The Morgan fingerprint density at radius 3 is 2.52 bits per heavy atom. The predicted octanol–water partition coefficient (Wildman–Crippen LogP) is 2.25. The Morgan fingerprint density at radius 2 is 1.85 bits per heavy atom. The third-order valence-corrected chi connectivity index (χ3v) is 5.59. The summed E-state index contributed by atoms with van der Waals surface area (Å²) in [4.78, 5) is 18.0. The highest BCUT2D eigenvalue weighted by Crippen LogP contribution is 2.38. The van der Waals surface area contributed by atoms with Crippen LogP contribution in [0.3, 0.4) is 0 Å². The Labute approximate surface area is 180 Å². The number of ether oxygens (including phenoxy) is 2. The Balaban J connectivity index is 0.00000261. The zero-order valence-corrected chi connectivity index (χ0v) is 19.0. The van der Waals surface area contributed by atoms with Crippen LogP contribution in [0.25, 0.3) is 0 Å². The van der Waals surface area contributed by atoms with Crippen molar-refractivity contribution in [3.05, 3.63) is 0 Å². The fourth-order valence-electron chi connectivity index (χ4n) is 3.98. The van der Waals surface area contributed by atoms with Gasteiger partial charge < -0.3 is 25.0 Å². The van der Waals surface area contributed by atoms with Crippen LogP contribution in [-0.4, -0.2) is 68.5 Å². The molecule has 0 bridgehead atoms. The lowest BCUT2D eigenvalue weighted by atomic mass is 9.96. The second-order valence-corrected chi connectivity index (χ2v) is 7.98. The normalized spacial score (nSPS) is 25.3. The molecule has 3 rings (SSSR count). The van der Waals surface area contributed by atoms with Gasteiger partial charge in [0.15, 0.2) is 11.7 Å². The molecule has 0 radical (unpaired) electrons. The van der Waals surface area contributed by atoms with E-state index in [2.05, 4.69) is 15.6 Å². The van der Waals surface area contributed by atoms with Crippen molar-refractivity contribution in [1.82, 2.24) is 15.5 Å². The monoisotopic (exact) mass is 494 g/mol. The molecule has 2 aliphatic carbocycles. The lowest BCUT2D eigenvalue weighted by molar-refractivity contribution is -0.160. The van der Waals surface area contributed by atoms with E-state index in [4.69, 9.17) is 9.47 Å². The third kappa shape index (κ3) is 6.74. The number of hydrogen-bond donors (Lipinski definition) is 2. The van der Waals surface area contributed by atoms with Gasteiger partial charge in [0.1, 0.15) is 12.6 Å². The first kappa shape index (κ1) is 22.7. The fourth-order valence-corrected chi connectivity index (χ4v) is 3.98. The Hall–Kier alpha value is -0.610. The van der Waals surface area contributed by atoms with Gasteiger partial charge in [-0.1, -0.05) is 19.3 Å². The molecule has 2 N–H and O–H groups in total. The van der Waals surface area contributed by atoms with Gasteiger partial charge in [-0.05, 0) is 25.7 Å². The molecule has 1 aliphatic heterocycles. The van der Waals surface area contributed by atoms with Crippen LogP contribution in [0.4, 0.5) is 0 Å². The van der Waals surface area contributed by atoms with Crippen LogP contribution >= 0.6 is 24.0 Å². The van der Waals surface area contributed by atoms with E-state index in [1.165, 1.54) is 32.1 Å². The number of halogens is 1. The minimum atomic E-state index is -0.332. The van der Waals surface area contributed by atoms with Gasteiger partial charge in [0.25, 0.3) is 0 Å². The molecular formula is C19H35IN4O3. The lowest BCUT2D eigenvalue weighted by Gasteiger charge is -2.26. The van der Waals surface area contributed by atoms with E-state index in [-0.39, 0.29) is 48.3 Å². The number of hydrogen-bond acceptors (Lipinski definition) is 4. The van der Waals surface area contributed by atoms with Crippen molar-refractivity contribution < 1.29 is 14.3 Å². The van der Waals surface area contributed by atoms with Gasteiger partial charge in [-0.25, -0.2) is 4.99 Å². The number of rotatable bonds is 5. The van der Waals surface area contributed by atoms with Crippen molar-refractivity contribution in [3.8, 4) is 0 Å². The molecule has 1 atom stereocenters. The van der Waals surface area contributed by atoms with Crippen LogP contribution in [0.2, 0.25) is 0 Å². The summed E-state index contributed by atoms with van der Waals surface area (Å²) in [5.74, 6) is 0.379. The van der Waals surface area contributed by atoms with Gasteiger partial charge in [-0.15, -0.1) is 24.0 Å². The average Bonchev–Trinajstić information content (AvgIpc) is 3.27. The van der Waals surface area contributed by atoms with Crippen molar-refractivity contribution in [3.63, 3.8) is 0 Å². The molecule has 3 aliphatic rings. The highest BCUT2D eigenvalue weighted by Gasteiger charge is 2.43. The van der Waals surface area contributed by atoms with E-state index in [0.717, 1.165) is 25.7 Å². The summed E-state index contributed by atoms with van der Waals surface area (Å²) < 4.78 is 12.1. The Morgan fingerprint density at radius 1 is 1.15 bits per heavy atom. The summed E-state index contributed by atoms with van der Waals surface area (Å²) in [6, 6.07) is 0.436. The summed E-state index contributed by atoms with van der Waals surface area (Å²) in [6.07, 6.45) is 10.6. The highest BCUT2D eigenvalue weighted by molar-refractivity contribution is 14.0. The highest BCUT2D eigenvalue weighted by atomic mass is 127. The van der Waals surface area contributed by atoms with Crippen LogP contribution in [-0.2, 0) is 14.3 Å². The van der Waals surface area contributed by atoms with E-state index in [1.54, 1.807) is 19.0 Å². The van der Waals surface area contributed by atoms with E-state index in [1.807, 2.05) is 0 Å². The summed E-state index contributed by atoms with van der Waals surface area (Å²) in [5, 5.41) is 6.88. The minimum absolute atomic E-state index is 0. The molecule has 3 fully saturated rings. The van der Waals surface area contributed by atoms with Gasteiger partial charge in [0.2, 0.25) is 5.91 Å². The Bertz CT molecular complexity index is 503. The number of nitrogens with zero attached hydrogens (tertiary/aromatic N) is 2. The molecule has 27 heavy (non-hydrogen) atoms. The summed E-state index contributed by atoms with van der Waals surface area (Å²) in [5.41, 5.74) is 0. The molecule has 0 aromatic carbocycles. The number of carbonyl (C=O) groups is 1. The number of aliphatic imine (C=N–C) groups is 1. The predicted molar refractivity (Wildman–Crippen MR) is 116 cm³/mol. The third-order valence-electron chi connectivity index (χ3n) is 5.59. The van der Waals surface area contributed by atoms with E-state index in [9.17, 15) is 4.79 Å². The molecule has 1 unspecified atom stereocenters. The number of amides is 1. The lowest BCUT2D eigenvalue weighted by Crippen LogP contribution is -2.47. The first-order valence-corrected chi connectivity index (χ1v) is 10.1. The van der Waals surface area contributed by atoms with E-state index < -0.39 is 0 Å². The summed E-state index contributed by atoms with van der Waals surface area (Å²) in [6.45, 7) is 1.43. The van der Waals surface area contributed by atoms with Crippen molar-refractivity contribution >= 4 is 35.8 Å². The zero-order chi connectivity index (χ0) is 18.4. The number of guanidine groups is 1. The Kier molecular flexibility index (Phi) is 9.07. The van der Waals surface area contributed by atoms with Crippen LogP contribution in [0.5, 0.6) is 0 Å². The average molecular weight is 494 g/mol. The van der Waals surface area contributed by atoms with Gasteiger partial charge in [-0.3, -0.25) is 4.79 Å². The molecule has 8 heteroatoms. The first-order valence-electron chi connectivity index (χ1n) is 10.1. The standard InChI is InChI=1S/C19H34N4O3.HI/c1-23(2)17(24)13-21-18(22-15-8-4-3-5-9-15)20-12-16-14-25-19(26-16)10-6-7-11-19;/h15-16H,3-14H2,1-2H3,(H2,20,21,22);1H. The summed E-state index contributed by atoms with van der Waals surface area (Å²) in [7, 11) is 3.51. The molecular weight excluding hydrogens is 459 g/mol. The molecule has 7 nitrogen and oxygen atoms in total. The first-order chi connectivity index (χ1) is 12.6. The quantitative estimate of drug-likeness (QED) is 0.349. The van der Waals surface area contributed by atoms with Crippen LogP contribution in [0.15, 0.2) is 4.99 Å². The zero-order valence-electron chi connectivity index (χ0n) is 16.7. The topological polar surface area (TPSA) is 75.2 Å². The molecule has 0 aromatic rings. The van der Waals surface area contributed by atoms with Gasteiger partial charge in [0, 0.05) is 39.5 Å². The van der Waals surface area contributed by atoms with Crippen molar-refractivity contribution in [2.45, 2.75) is 75.7 Å². The fraction of sp³-hybridized carbons (Fsp3) is 0.895. The van der Waals surface area contributed by atoms with Gasteiger partial charge >= 0.3 is 0 Å².